The Kier molecular flexibility index (Phi) is 12.7. The normalized spacial score (nSPS) is 11.6. The molecule has 3 aromatic rings. The molecule has 0 aliphatic heterocycles. The highest BCUT2D eigenvalue weighted by molar-refractivity contribution is 5.91. The summed E-state index contributed by atoms with van der Waals surface area (Å²) in [4.78, 5) is 12.6. The van der Waals surface area contributed by atoms with E-state index in [0.717, 1.165) is 36.1 Å². The van der Waals surface area contributed by atoms with Crippen molar-refractivity contribution in [1.29, 1.82) is 0 Å². The molecule has 3 heteroatoms. The van der Waals surface area contributed by atoms with Crippen LogP contribution in [0.5, 0.6) is 11.5 Å². The van der Waals surface area contributed by atoms with Gasteiger partial charge in [0.25, 0.3) is 0 Å². The average Bonchev–Trinajstić information content (AvgIpc) is 2.95. The maximum absolute atomic E-state index is 12.6. The Morgan fingerprint density at radius 3 is 1.92 bits per heavy atom. The Labute approximate surface area is 229 Å². The first-order valence-corrected chi connectivity index (χ1v) is 14.3. The fourth-order valence-electron chi connectivity index (χ4n) is 4.41. The Morgan fingerprint density at radius 2 is 1.32 bits per heavy atom. The van der Waals surface area contributed by atoms with Crippen molar-refractivity contribution in [2.45, 2.75) is 78.1 Å². The summed E-state index contributed by atoms with van der Waals surface area (Å²) in [6.07, 6.45) is 14.1. The van der Waals surface area contributed by atoms with E-state index in [2.05, 4.69) is 44.7 Å². The first-order valence-electron chi connectivity index (χ1n) is 14.3. The Bertz CT molecular complexity index is 1080. The molecule has 0 aliphatic rings. The van der Waals surface area contributed by atoms with Crippen molar-refractivity contribution >= 4 is 5.97 Å². The van der Waals surface area contributed by atoms with Gasteiger partial charge in [0.05, 0.1) is 12.2 Å². The molecule has 0 aromatic heterocycles. The third-order valence-electron chi connectivity index (χ3n) is 7.04. The van der Waals surface area contributed by atoms with Gasteiger partial charge in [0.15, 0.2) is 0 Å². The average molecular weight is 513 g/mol. The lowest BCUT2D eigenvalue weighted by molar-refractivity contribution is 0.0734. The highest BCUT2D eigenvalue weighted by Gasteiger charge is 2.10. The van der Waals surface area contributed by atoms with E-state index >= 15 is 0 Å². The number of carbonyl (C=O) groups is 1. The molecule has 0 bridgehead atoms. The van der Waals surface area contributed by atoms with Crippen molar-refractivity contribution in [3.05, 3.63) is 96.6 Å². The number of unbranched alkanes of at least 4 members (excludes halogenated alkanes) is 7. The molecule has 38 heavy (non-hydrogen) atoms. The van der Waals surface area contributed by atoms with Gasteiger partial charge in [0, 0.05) is 0 Å². The van der Waals surface area contributed by atoms with Crippen LogP contribution < -0.4 is 9.47 Å². The number of benzene rings is 3. The summed E-state index contributed by atoms with van der Waals surface area (Å²) in [6, 6.07) is 23.6. The Balaban J connectivity index is 1.38. The van der Waals surface area contributed by atoms with Gasteiger partial charge in [-0.1, -0.05) is 94.8 Å². The van der Waals surface area contributed by atoms with Crippen LogP contribution in [-0.4, -0.2) is 12.6 Å². The van der Waals surface area contributed by atoms with Gasteiger partial charge in [-0.25, -0.2) is 4.79 Å². The van der Waals surface area contributed by atoms with Crippen LogP contribution in [-0.2, 0) is 6.42 Å². The monoisotopic (exact) mass is 512 g/mol. The molecule has 0 fully saturated rings. The fraction of sp³-hybridized carbons (Fsp3) is 0.400. The van der Waals surface area contributed by atoms with Crippen LogP contribution >= 0.6 is 0 Å². The summed E-state index contributed by atoms with van der Waals surface area (Å²) in [5.74, 6) is 1.64. The second-order valence-electron chi connectivity index (χ2n) is 10.3. The lowest BCUT2D eigenvalue weighted by atomic mass is 9.96. The summed E-state index contributed by atoms with van der Waals surface area (Å²) >= 11 is 0. The second kappa shape index (κ2) is 16.5. The van der Waals surface area contributed by atoms with Gasteiger partial charge in [0.1, 0.15) is 11.5 Å². The van der Waals surface area contributed by atoms with Crippen molar-refractivity contribution in [2.75, 3.05) is 6.61 Å². The minimum absolute atomic E-state index is 0.362. The van der Waals surface area contributed by atoms with E-state index in [1.54, 1.807) is 12.1 Å². The van der Waals surface area contributed by atoms with Gasteiger partial charge < -0.3 is 9.47 Å². The predicted molar refractivity (Wildman–Crippen MR) is 159 cm³/mol. The van der Waals surface area contributed by atoms with Crippen LogP contribution in [0.4, 0.5) is 0 Å². The molecule has 1 atom stereocenters. The summed E-state index contributed by atoms with van der Waals surface area (Å²) in [7, 11) is 0. The second-order valence-corrected chi connectivity index (χ2v) is 10.3. The van der Waals surface area contributed by atoms with Crippen LogP contribution in [0.3, 0.4) is 0 Å². The van der Waals surface area contributed by atoms with Crippen molar-refractivity contribution < 1.29 is 14.3 Å². The number of hydrogen-bond donors (Lipinski definition) is 0. The number of ether oxygens (including phenoxy) is 2. The van der Waals surface area contributed by atoms with Crippen LogP contribution in [0.1, 0.15) is 87.6 Å². The molecule has 202 valence electrons. The predicted octanol–water partition coefficient (Wildman–Crippen LogP) is 9.85. The molecule has 0 radical (unpaired) electrons. The smallest absolute Gasteiger partial charge is 0.343 e. The number of carbonyl (C=O) groups excluding carboxylic acids is 1. The molecule has 0 aliphatic carbocycles. The molecule has 3 aromatic carbocycles. The third-order valence-corrected chi connectivity index (χ3v) is 7.04. The molecule has 0 saturated carbocycles. The topological polar surface area (TPSA) is 35.5 Å². The molecule has 0 heterocycles. The van der Waals surface area contributed by atoms with Gasteiger partial charge in [-0.2, -0.15) is 0 Å². The van der Waals surface area contributed by atoms with Gasteiger partial charge in [-0.15, -0.1) is 6.58 Å². The standard InChI is InChI=1S/C35H44O3/c1-4-6-7-8-9-10-11-12-13-26-37-33-22-24-34(25-23-33)38-35(36)32-20-18-31(19-21-32)30-16-14-29(15-17-30)27-28(3)5-2/h4,14-25,28H,1,5-13,26-27H2,2-3H3/t28-/m0/s1. The first-order chi connectivity index (χ1) is 18.6. The Hall–Kier alpha value is -3.33. The van der Waals surface area contributed by atoms with E-state index < -0.39 is 0 Å². The van der Waals surface area contributed by atoms with Crippen molar-refractivity contribution in [2.24, 2.45) is 5.92 Å². The fourth-order valence-corrected chi connectivity index (χ4v) is 4.41. The van der Waals surface area contributed by atoms with Gasteiger partial charge in [0.2, 0.25) is 0 Å². The quantitative estimate of drug-likeness (QED) is 0.0781. The summed E-state index contributed by atoms with van der Waals surface area (Å²) in [5.41, 5.74) is 4.12. The zero-order valence-corrected chi connectivity index (χ0v) is 23.3. The van der Waals surface area contributed by atoms with Crippen molar-refractivity contribution in [3.63, 3.8) is 0 Å². The number of rotatable bonds is 17. The van der Waals surface area contributed by atoms with Crippen LogP contribution in [0.2, 0.25) is 0 Å². The van der Waals surface area contributed by atoms with E-state index in [0.29, 0.717) is 23.8 Å². The number of allylic oxidation sites excluding steroid dienone is 1. The largest absolute Gasteiger partial charge is 0.494 e. The SMILES string of the molecule is C=CCCCCCCCCCOc1ccc(OC(=O)c2ccc(-c3ccc(C[C@@H](C)CC)cc3)cc2)cc1. The molecule has 0 spiro atoms. The summed E-state index contributed by atoms with van der Waals surface area (Å²) in [5, 5.41) is 0. The van der Waals surface area contributed by atoms with E-state index in [9.17, 15) is 4.79 Å². The molecule has 0 saturated heterocycles. The van der Waals surface area contributed by atoms with E-state index in [1.807, 2.05) is 42.5 Å². The molecule has 0 unspecified atom stereocenters. The highest BCUT2D eigenvalue weighted by atomic mass is 16.5. The van der Waals surface area contributed by atoms with Crippen molar-refractivity contribution in [3.8, 4) is 22.6 Å². The zero-order chi connectivity index (χ0) is 27.0. The number of hydrogen-bond acceptors (Lipinski definition) is 3. The van der Waals surface area contributed by atoms with Crippen molar-refractivity contribution in [1.82, 2.24) is 0 Å². The minimum Gasteiger partial charge on any atom is -0.494 e. The maximum atomic E-state index is 12.6. The lowest BCUT2D eigenvalue weighted by Crippen LogP contribution is -2.08. The molecule has 0 N–H and O–H groups in total. The van der Waals surface area contributed by atoms with E-state index in [-0.39, 0.29) is 5.97 Å². The molecule has 3 nitrogen and oxygen atoms in total. The first kappa shape index (κ1) is 29.2. The molecular weight excluding hydrogens is 468 g/mol. The lowest BCUT2D eigenvalue weighted by Gasteiger charge is -2.10. The minimum atomic E-state index is -0.362. The van der Waals surface area contributed by atoms with Gasteiger partial charge >= 0.3 is 5.97 Å². The number of esters is 1. The van der Waals surface area contributed by atoms with Gasteiger partial charge in [-0.05, 0) is 84.7 Å². The van der Waals surface area contributed by atoms with Crippen LogP contribution in [0, 0.1) is 5.92 Å². The molecular formula is C35H44O3. The van der Waals surface area contributed by atoms with E-state index in [1.165, 1.54) is 50.5 Å². The molecule has 3 rings (SSSR count). The third kappa shape index (κ3) is 10.2. The summed E-state index contributed by atoms with van der Waals surface area (Å²) < 4.78 is 11.4. The molecule has 0 amide bonds. The maximum Gasteiger partial charge on any atom is 0.343 e. The van der Waals surface area contributed by atoms with E-state index in [4.69, 9.17) is 9.47 Å². The van der Waals surface area contributed by atoms with Crippen LogP contribution in [0.25, 0.3) is 11.1 Å². The van der Waals surface area contributed by atoms with Crippen LogP contribution in [0.15, 0.2) is 85.5 Å². The summed E-state index contributed by atoms with van der Waals surface area (Å²) in [6.45, 7) is 8.99. The zero-order valence-electron chi connectivity index (χ0n) is 23.3. The van der Waals surface area contributed by atoms with Gasteiger partial charge in [-0.3, -0.25) is 0 Å². The highest BCUT2D eigenvalue weighted by Crippen LogP contribution is 2.23. The Morgan fingerprint density at radius 1 is 0.763 bits per heavy atom.